The van der Waals surface area contributed by atoms with Crippen molar-refractivity contribution < 1.29 is 0 Å². The van der Waals surface area contributed by atoms with E-state index in [-0.39, 0.29) is 0 Å². The summed E-state index contributed by atoms with van der Waals surface area (Å²) in [7, 11) is 0. The summed E-state index contributed by atoms with van der Waals surface area (Å²) in [5.74, 6) is 0.384. The van der Waals surface area contributed by atoms with Crippen molar-refractivity contribution in [1.82, 2.24) is 25.2 Å². The minimum absolute atomic E-state index is 0.353. The number of nitrogens with one attached hydrogen (secondary N) is 1. The van der Waals surface area contributed by atoms with E-state index < -0.39 is 0 Å². The topological polar surface area (TPSA) is 92.3 Å². The fraction of sp³-hybridized carbons (Fsp3) is 0.0714. The van der Waals surface area contributed by atoms with Crippen LogP contribution in [0.2, 0.25) is 10.0 Å². The van der Waals surface area contributed by atoms with Crippen LogP contribution in [0.4, 0.5) is 5.95 Å². The van der Waals surface area contributed by atoms with Crippen LogP contribution < -0.4 is 5.32 Å². The third-order valence-electron chi connectivity index (χ3n) is 3.10. The Labute approximate surface area is 141 Å². The Morgan fingerprint density at radius 3 is 2.96 bits per heavy atom. The van der Waals surface area contributed by atoms with Gasteiger partial charge >= 0.3 is 0 Å². The lowest BCUT2D eigenvalue weighted by molar-refractivity contribution is 0.789. The Balaban J connectivity index is 1.88. The molecule has 0 amide bonds. The molecule has 0 fully saturated rings. The number of tetrazole rings is 1. The number of hydrogen-bond donors (Lipinski definition) is 1. The van der Waals surface area contributed by atoms with Gasteiger partial charge in [-0.3, -0.25) is 4.98 Å². The van der Waals surface area contributed by atoms with Crippen molar-refractivity contribution in [2.45, 2.75) is 6.54 Å². The van der Waals surface area contributed by atoms with Gasteiger partial charge in [0.15, 0.2) is 0 Å². The van der Waals surface area contributed by atoms with E-state index in [0.29, 0.717) is 33.8 Å². The van der Waals surface area contributed by atoms with Crippen LogP contribution in [0, 0.1) is 11.3 Å². The lowest BCUT2D eigenvalue weighted by atomic mass is 10.1. The van der Waals surface area contributed by atoms with Crippen molar-refractivity contribution in [1.29, 1.82) is 5.26 Å². The Morgan fingerprint density at radius 1 is 1.26 bits per heavy atom. The number of benzene rings is 1. The molecular formula is C14H9Cl2N7. The summed E-state index contributed by atoms with van der Waals surface area (Å²) >= 11 is 12.2. The molecule has 0 aliphatic rings. The highest BCUT2D eigenvalue weighted by atomic mass is 35.5. The molecule has 3 rings (SSSR count). The van der Waals surface area contributed by atoms with Crippen molar-refractivity contribution in [2.75, 3.05) is 5.32 Å². The largest absolute Gasteiger partial charge is 0.349 e. The van der Waals surface area contributed by atoms with Crippen LogP contribution in [-0.2, 0) is 6.54 Å². The van der Waals surface area contributed by atoms with Gasteiger partial charge in [0, 0.05) is 18.9 Å². The Kier molecular flexibility index (Phi) is 4.37. The van der Waals surface area contributed by atoms with E-state index in [2.05, 4.69) is 31.9 Å². The number of nitrogens with zero attached hydrogens (tertiary/aromatic N) is 6. The lowest BCUT2D eigenvalue weighted by Gasteiger charge is -2.09. The second-order valence-corrected chi connectivity index (χ2v) is 5.27. The molecule has 2 aromatic heterocycles. The zero-order valence-corrected chi connectivity index (χ0v) is 13.1. The lowest BCUT2D eigenvalue weighted by Crippen LogP contribution is -2.09. The van der Waals surface area contributed by atoms with Gasteiger partial charge in [0.1, 0.15) is 6.07 Å². The molecule has 1 N–H and O–H groups in total. The maximum absolute atomic E-state index is 9.08. The molecule has 114 valence electrons. The molecule has 0 saturated carbocycles. The summed E-state index contributed by atoms with van der Waals surface area (Å²) in [6.45, 7) is 0.365. The second kappa shape index (κ2) is 6.60. The molecule has 0 aliphatic heterocycles. The molecular weight excluding hydrogens is 337 g/mol. The van der Waals surface area contributed by atoms with Gasteiger partial charge in [-0.05, 0) is 34.2 Å². The van der Waals surface area contributed by atoms with E-state index in [4.69, 9.17) is 28.5 Å². The summed E-state index contributed by atoms with van der Waals surface area (Å²) in [6, 6.07) is 9.04. The minimum Gasteiger partial charge on any atom is -0.349 e. The second-order valence-electron chi connectivity index (χ2n) is 4.49. The van der Waals surface area contributed by atoms with Crippen molar-refractivity contribution in [3.05, 3.63) is 57.8 Å². The molecule has 23 heavy (non-hydrogen) atoms. The molecule has 9 heteroatoms. The third-order valence-corrected chi connectivity index (χ3v) is 3.91. The zero-order valence-electron chi connectivity index (χ0n) is 11.6. The Hall–Kier alpha value is -2.69. The molecule has 1 aromatic carbocycles. The molecule has 0 unspecified atom stereocenters. The van der Waals surface area contributed by atoms with Gasteiger partial charge in [-0.25, -0.2) is 0 Å². The van der Waals surface area contributed by atoms with Crippen LogP contribution in [0.5, 0.6) is 0 Å². The first-order valence-corrected chi connectivity index (χ1v) is 7.26. The van der Waals surface area contributed by atoms with Gasteiger partial charge in [-0.1, -0.05) is 34.4 Å². The van der Waals surface area contributed by atoms with E-state index in [1.165, 1.54) is 10.9 Å². The fourth-order valence-corrected chi connectivity index (χ4v) is 2.34. The van der Waals surface area contributed by atoms with E-state index in [1.807, 2.05) is 0 Å². The fourth-order valence-electron chi connectivity index (χ4n) is 1.97. The quantitative estimate of drug-likeness (QED) is 0.781. The molecule has 7 nitrogen and oxygen atoms in total. The molecule has 0 aliphatic carbocycles. The average Bonchev–Trinajstić information content (AvgIpc) is 3.04. The number of nitriles is 1. The van der Waals surface area contributed by atoms with Gasteiger partial charge in [0.2, 0.25) is 5.95 Å². The first kappa shape index (κ1) is 15.2. The molecule has 0 radical (unpaired) electrons. The SMILES string of the molecule is N#Cc1cnccc1CNc1nnnn1-c1cccc(Cl)c1Cl. The third kappa shape index (κ3) is 3.08. The molecule has 0 saturated heterocycles. The summed E-state index contributed by atoms with van der Waals surface area (Å²) in [5, 5.41) is 24.4. The highest BCUT2D eigenvalue weighted by Gasteiger charge is 2.13. The highest BCUT2D eigenvalue weighted by molar-refractivity contribution is 6.43. The Bertz CT molecular complexity index is 885. The van der Waals surface area contributed by atoms with E-state index in [9.17, 15) is 0 Å². The number of hydrogen-bond acceptors (Lipinski definition) is 6. The predicted octanol–water partition coefficient (Wildman–Crippen LogP) is 2.85. The van der Waals surface area contributed by atoms with Gasteiger partial charge in [-0.15, -0.1) is 0 Å². The van der Waals surface area contributed by atoms with E-state index in [1.54, 1.807) is 30.5 Å². The molecule has 0 bridgehead atoms. The number of rotatable bonds is 4. The van der Waals surface area contributed by atoms with Crippen LogP contribution in [0.15, 0.2) is 36.7 Å². The Morgan fingerprint density at radius 2 is 2.13 bits per heavy atom. The van der Waals surface area contributed by atoms with Crippen molar-refractivity contribution in [3.8, 4) is 11.8 Å². The summed E-state index contributed by atoms with van der Waals surface area (Å²) < 4.78 is 1.45. The summed E-state index contributed by atoms with van der Waals surface area (Å²) in [4.78, 5) is 3.92. The molecule has 3 aromatic rings. The van der Waals surface area contributed by atoms with Gasteiger partial charge < -0.3 is 5.32 Å². The van der Waals surface area contributed by atoms with Crippen molar-refractivity contribution in [2.24, 2.45) is 0 Å². The first-order valence-electron chi connectivity index (χ1n) is 6.50. The average molecular weight is 346 g/mol. The first-order chi connectivity index (χ1) is 11.2. The van der Waals surface area contributed by atoms with Gasteiger partial charge in [-0.2, -0.15) is 9.94 Å². The number of aromatic nitrogens is 5. The van der Waals surface area contributed by atoms with Crippen molar-refractivity contribution in [3.63, 3.8) is 0 Å². The molecule has 2 heterocycles. The van der Waals surface area contributed by atoms with Crippen LogP contribution in [0.3, 0.4) is 0 Å². The normalized spacial score (nSPS) is 10.3. The van der Waals surface area contributed by atoms with E-state index in [0.717, 1.165) is 5.56 Å². The van der Waals surface area contributed by atoms with E-state index >= 15 is 0 Å². The van der Waals surface area contributed by atoms with Crippen LogP contribution in [-0.4, -0.2) is 25.2 Å². The van der Waals surface area contributed by atoms with Crippen LogP contribution in [0.1, 0.15) is 11.1 Å². The maximum Gasteiger partial charge on any atom is 0.248 e. The van der Waals surface area contributed by atoms with Gasteiger partial charge in [0.25, 0.3) is 0 Å². The maximum atomic E-state index is 9.08. The number of pyridine rings is 1. The standard InChI is InChI=1S/C14H9Cl2N7/c15-11-2-1-3-12(13(11)16)23-14(20-21-22-23)19-8-9-4-5-18-7-10(9)6-17/h1-5,7H,8H2,(H,19,20,22). The van der Waals surface area contributed by atoms with Gasteiger partial charge in [0.05, 0.1) is 21.3 Å². The number of anilines is 1. The summed E-state index contributed by atoms with van der Waals surface area (Å²) in [5.41, 5.74) is 1.83. The highest BCUT2D eigenvalue weighted by Crippen LogP contribution is 2.29. The smallest absolute Gasteiger partial charge is 0.248 e. The zero-order chi connectivity index (χ0) is 16.2. The molecule has 0 atom stereocenters. The minimum atomic E-state index is 0.353. The number of halogens is 2. The van der Waals surface area contributed by atoms with Crippen LogP contribution >= 0.6 is 23.2 Å². The summed E-state index contributed by atoms with van der Waals surface area (Å²) in [6.07, 6.45) is 3.13. The van der Waals surface area contributed by atoms with Crippen LogP contribution in [0.25, 0.3) is 5.69 Å². The molecule has 0 spiro atoms. The monoisotopic (exact) mass is 345 g/mol. The van der Waals surface area contributed by atoms with Crippen molar-refractivity contribution >= 4 is 29.2 Å². The predicted molar refractivity (Wildman–Crippen MR) is 85.5 cm³/mol.